The number of rotatable bonds is 5. The number of nitrogens with zero attached hydrogens (tertiary/aromatic N) is 1. The van der Waals surface area contributed by atoms with Gasteiger partial charge in [-0.25, -0.2) is 0 Å². The highest BCUT2D eigenvalue weighted by molar-refractivity contribution is 6.20. The summed E-state index contributed by atoms with van der Waals surface area (Å²) in [7, 11) is 0. The van der Waals surface area contributed by atoms with Crippen LogP contribution >= 0.6 is 11.6 Å². The third-order valence-corrected chi connectivity index (χ3v) is 3.07. The minimum absolute atomic E-state index is 0.00924. The highest BCUT2D eigenvalue weighted by Crippen LogP contribution is 2.32. The highest BCUT2D eigenvalue weighted by atomic mass is 35.5. The third kappa shape index (κ3) is 3.33. The molecule has 94 valence electrons. The number of hydrogen-bond donors (Lipinski definition) is 0. The van der Waals surface area contributed by atoms with Crippen LogP contribution in [-0.4, -0.2) is 16.9 Å². The second-order valence-corrected chi connectivity index (χ2v) is 4.57. The molecule has 2 unspecified atom stereocenters. The molecular formula is C12H16ClNO3. The molecule has 1 rings (SSSR count). The lowest BCUT2D eigenvalue weighted by Crippen LogP contribution is -2.06. The fourth-order valence-electron chi connectivity index (χ4n) is 1.50. The van der Waals surface area contributed by atoms with E-state index < -0.39 is 4.92 Å². The standard InChI is InChI=1S/C12H16ClNO3/c1-4-17-12-7-10(8(2)9(3)13)5-6-11(12)14(15)16/h5-9H,4H2,1-3H3. The molecule has 5 heteroatoms. The third-order valence-electron chi connectivity index (χ3n) is 2.70. The Kier molecular flexibility index (Phi) is 4.75. The lowest BCUT2D eigenvalue weighted by Gasteiger charge is -2.15. The monoisotopic (exact) mass is 257 g/mol. The van der Waals surface area contributed by atoms with Crippen molar-refractivity contribution in [1.82, 2.24) is 0 Å². The van der Waals surface area contributed by atoms with Crippen molar-refractivity contribution in [3.63, 3.8) is 0 Å². The molecule has 0 fully saturated rings. The molecule has 0 heterocycles. The van der Waals surface area contributed by atoms with E-state index in [-0.39, 0.29) is 17.0 Å². The van der Waals surface area contributed by atoms with Gasteiger partial charge < -0.3 is 4.74 Å². The van der Waals surface area contributed by atoms with Crippen LogP contribution in [-0.2, 0) is 0 Å². The van der Waals surface area contributed by atoms with E-state index in [9.17, 15) is 10.1 Å². The molecule has 0 spiro atoms. The smallest absolute Gasteiger partial charge is 0.310 e. The molecule has 4 nitrogen and oxygen atoms in total. The molecule has 1 aromatic carbocycles. The molecule has 0 amide bonds. The number of hydrogen-bond acceptors (Lipinski definition) is 3. The quantitative estimate of drug-likeness (QED) is 0.459. The average molecular weight is 258 g/mol. The van der Waals surface area contributed by atoms with Crippen molar-refractivity contribution in [3.05, 3.63) is 33.9 Å². The largest absolute Gasteiger partial charge is 0.487 e. The van der Waals surface area contributed by atoms with E-state index in [0.717, 1.165) is 5.56 Å². The summed E-state index contributed by atoms with van der Waals surface area (Å²) in [5.74, 6) is 0.427. The van der Waals surface area contributed by atoms with Gasteiger partial charge in [-0.15, -0.1) is 11.6 Å². The van der Waals surface area contributed by atoms with E-state index in [4.69, 9.17) is 16.3 Å². The Morgan fingerprint density at radius 1 is 1.47 bits per heavy atom. The predicted octanol–water partition coefficient (Wildman–Crippen LogP) is 3.72. The van der Waals surface area contributed by atoms with Gasteiger partial charge in [-0.05, 0) is 31.4 Å². The lowest BCUT2D eigenvalue weighted by molar-refractivity contribution is -0.385. The van der Waals surface area contributed by atoms with E-state index in [1.54, 1.807) is 19.1 Å². The van der Waals surface area contributed by atoms with Crippen LogP contribution in [0.3, 0.4) is 0 Å². The van der Waals surface area contributed by atoms with E-state index in [0.29, 0.717) is 12.4 Å². The minimum Gasteiger partial charge on any atom is -0.487 e. The fraction of sp³-hybridized carbons (Fsp3) is 0.500. The van der Waals surface area contributed by atoms with Gasteiger partial charge in [0, 0.05) is 11.4 Å². The van der Waals surface area contributed by atoms with E-state index in [1.807, 2.05) is 13.8 Å². The number of halogens is 1. The van der Waals surface area contributed by atoms with Crippen LogP contribution in [0.1, 0.15) is 32.3 Å². The maximum Gasteiger partial charge on any atom is 0.310 e. The van der Waals surface area contributed by atoms with Crippen LogP contribution in [0.5, 0.6) is 5.75 Å². The summed E-state index contributed by atoms with van der Waals surface area (Å²) in [5.41, 5.74) is 0.937. The van der Waals surface area contributed by atoms with Crippen molar-refractivity contribution >= 4 is 17.3 Å². The number of benzene rings is 1. The Bertz CT molecular complexity index is 407. The second-order valence-electron chi connectivity index (χ2n) is 3.88. The predicted molar refractivity (Wildman–Crippen MR) is 68.0 cm³/mol. The second kappa shape index (κ2) is 5.87. The van der Waals surface area contributed by atoms with Gasteiger partial charge in [0.05, 0.1) is 11.5 Å². The van der Waals surface area contributed by atoms with Gasteiger partial charge in [0.25, 0.3) is 0 Å². The Morgan fingerprint density at radius 3 is 2.59 bits per heavy atom. The van der Waals surface area contributed by atoms with Gasteiger partial charge >= 0.3 is 5.69 Å². The molecule has 0 saturated heterocycles. The Morgan fingerprint density at radius 2 is 2.12 bits per heavy atom. The summed E-state index contributed by atoms with van der Waals surface area (Å²) in [4.78, 5) is 10.4. The molecular weight excluding hydrogens is 242 g/mol. The van der Waals surface area contributed by atoms with Gasteiger partial charge in [0.15, 0.2) is 5.75 Å². The van der Waals surface area contributed by atoms with Gasteiger partial charge in [-0.3, -0.25) is 10.1 Å². The van der Waals surface area contributed by atoms with Crippen LogP contribution in [0, 0.1) is 10.1 Å². The number of alkyl halides is 1. The van der Waals surface area contributed by atoms with E-state index >= 15 is 0 Å². The Balaban J connectivity index is 3.13. The van der Waals surface area contributed by atoms with Gasteiger partial charge in [0.1, 0.15) is 0 Å². The summed E-state index contributed by atoms with van der Waals surface area (Å²) in [5, 5.41) is 10.8. The van der Waals surface area contributed by atoms with E-state index in [1.165, 1.54) is 6.07 Å². The molecule has 0 radical (unpaired) electrons. The zero-order valence-corrected chi connectivity index (χ0v) is 10.9. The average Bonchev–Trinajstić information content (AvgIpc) is 2.27. The Labute approximate surface area is 106 Å². The van der Waals surface area contributed by atoms with Crippen LogP contribution in [0.4, 0.5) is 5.69 Å². The maximum absolute atomic E-state index is 10.8. The van der Waals surface area contributed by atoms with Crippen LogP contribution in [0.2, 0.25) is 0 Å². The zero-order chi connectivity index (χ0) is 13.0. The first-order valence-corrected chi connectivity index (χ1v) is 5.96. The Hall–Kier alpha value is -1.29. The maximum atomic E-state index is 10.8. The van der Waals surface area contributed by atoms with Gasteiger partial charge in [0.2, 0.25) is 0 Å². The van der Waals surface area contributed by atoms with Gasteiger partial charge in [-0.1, -0.05) is 13.0 Å². The summed E-state index contributed by atoms with van der Waals surface area (Å²) >= 11 is 6.02. The minimum atomic E-state index is -0.441. The molecule has 1 aromatic rings. The lowest BCUT2D eigenvalue weighted by atomic mass is 9.98. The van der Waals surface area contributed by atoms with Crippen molar-refractivity contribution in [2.75, 3.05) is 6.61 Å². The van der Waals surface area contributed by atoms with Crippen molar-refractivity contribution in [2.45, 2.75) is 32.1 Å². The molecule has 0 aliphatic heterocycles. The van der Waals surface area contributed by atoms with Gasteiger partial charge in [-0.2, -0.15) is 0 Å². The summed E-state index contributed by atoms with van der Waals surface area (Å²) in [6.07, 6.45) is 0. The first-order valence-electron chi connectivity index (χ1n) is 5.52. The van der Waals surface area contributed by atoms with Crippen molar-refractivity contribution in [1.29, 1.82) is 0 Å². The molecule has 0 aliphatic rings. The number of nitro benzene ring substituents is 1. The first-order chi connectivity index (χ1) is 7.97. The molecule has 2 atom stereocenters. The fourth-order valence-corrected chi connectivity index (χ4v) is 1.65. The number of ether oxygens (including phenoxy) is 1. The molecule has 0 N–H and O–H groups in total. The normalized spacial score (nSPS) is 14.1. The topological polar surface area (TPSA) is 52.4 Å². The molecule has 0 aliphatic carbocycles. The molecule has 17 heavy (non-hydrogen) atoms. The molecule has 0 saturated carbocycles. The van der Waals surface area contributed by atoms with E-state index in [2.05, 4.69) is 0 Å². The van der Waals surface area contributed by atoms with Crippen LogP contribution in [0.25, 0.3) is 0 Å². The summed E-state index contributed by atoms with van der Waals surface area (Å²) in [6.45, 7) is 6.07. The summed E-state index contributed by atoms with van der Waals surface area (Å²) < 4.78 is 5.28. The number of nitro groups is 1. The molecule has 0 aromatic heterocycles. The van der Waals surface area contributed by atoms with Crippen molar-refractivity contribution in [2.24, 2.45) is 0 Å². The van der Waals surface area contributed by atoms with Crippen molar-refractivity contribution in [3.8, 4) is 5.75 Å². The highest BCUT2D eigenvalue weighted by Gasteiger charge is 2.19. The first kappa shape index (κ1) is 13.8. The zero-order valence-electron chi connectivity index (χ0n) is 10.1. The summed E-state index contributed by atoms with van der Waals surface area (Å²) in [6, 6.07) is 4.89. The van der Waals surface area contributed by atoms with Crippen LogP contribution < -0.4 is 4.74 Å². The van der Waals surface area contributed by atoms with Crippen LogP contribution in [0.15, 0.2) is 18.2 Å². The van der Waals surface area contributed by atoms with Crippen molar-refractivity contribution < 1.29 is 9.66 Å². The SMILES string of the molecule is CCOc1cc(C(C)C(C)Cl)ccc1[N+](=O)[O-]. The molecule has 0 bridgehead atoms.